The summed E-state index contributed by atoms with van der Waals surface area (Å²) in [5.74, 6) is -1.22. The van der Waals surface area contributed by atoms with Crippen molar-refractivity contribution in [2.45, 2.75) is 13.2 Å². The topological polar surface area (TPSA) is 56.2 Å². The highest BCUT2D eigenvalue weighted by Crippen LogP contribution is 2.25. The lowest BCUT2D eigenvalue weighted by molar-refractivity contribution is -0.0501. The molecule has 0 bridgehead atoms. The molecular formula is C18H13BrF3N3O2. The molecule has 0 fully saturated rings. The van der Waals surface area contributed by atoms with Crippen molar-refractivity contribution in [3.05, 3.63) is 76.3 Å². The lowest BCUT2D eigenvalue weighted by Gasteiger charge is -2.10. The Balaban J connectivity index is 1.74. The molecule has 27 heavy (non-hydrogen) atoms. The first-order valence-corrected chi connectivity index (χ1v) is 8.52. The van der Waals surface area contributed by atoms with E-state index in [1.54, 1.807) is 18.3 Å². The summed E-state index contributed by atoms with van der Waals surface area (Å²) in [6.07, 6.45) is 2.96. The number of nitrogens with one attached hydrogen (secondary N) is 1. The van der Waals surface area contributed by atoms with Crippen LogP contribution in [0, 0.1) is 5.82 Å². The fourth-order valence-corrected chi connectivity index (χ4v) is 2.77. The van der Waals surface area contributed by atoms with Crippen molar-refractivity contribution in [2.75, 3.05) is 5.32 Å². The third-order valence-corrected chi connectivity index (χ3v) is 4.02. The number of halogens is 4. The zero-order valence-corrected chi connectivity index (χ0v) is 15.3. The van der Waals surface area contributed by atoms with Crippen LogP contribution in [0.25, 0.3) is 0 Å². The number of carbonyl (C=O) groups excluding carboxylic acids is 1. The Kier molecular flexibility index (Phi) is 5.80. The molecule has 3 aromatic rings. The Morgan fingerprint density at radius 3 is 2.81 bits per heavy atom. The van der Waals surface area contributed by atoms with Gasteiger partial charge in [0, 0.05) is 10.7 Å². The molecule has 1 heterocycles. The second kappa shape index (κ2) is 8.26. The summed E-state index contributed by atoms with van der Waals surface area (Å²) in [5.41, 5.74) is 1.01. The molecule has 0 unspecified atom stereocenters. The minimum atomic E-state index is -3.05. The number of anilines is 1. The van der Waals surface area contributed by atoms with Gasteiger partial charge in [-0.15, -0.1) is 0 Å². The number of carbonyl (C=O) groups is 1. The van der Waals surface area contributed by atoms with Gasteiger partial charge in [-0.25, -0.2) is 4.39 Å². The molecule has 0 radical (unpaired) electrons. The predicted molar refractivity (Wildman–Crippen MR) is 96.5 cm³/mol. The van der Waals surface area contributed by atoms with Gasteiger partial charge in [0.2, 0.25) is 0 Å². The number of ether oxygens (including phenoxy) is 1. The van der Waals surface area contributed by atoms with E-state index >= 15 is 0 Å². The van der Waals surface area contributed by atoms with Crippen LogP contribution in [0.15, 0.2) is 59.3 Å². The summed E-state index contributed by atoms with van der Waals surface area (Å²) in [5, 5.41) is 6.67. The average Bonchev–Trinajstić information content (AvgIpc) is 3.03. The highest BCUT2D eigenvalue weighted by atomic mass is 79.9. The molecule has 1 amide bonds. The molecular weight excluding hydrogens is 427 g/mol. The number of hydrogen-bond acceptors (Lipinski definition) is 3. The Bertz CT molecular complexity index is 963. The first kappa shape index (κ1) is 19.0. The van der Waals surface area contributed by atoms with E-state index in [1.165, 1.54) is 41.2 Å². The second-order valence-corrected chi connectivity index (χ2v) is 6.45. The summed E-state index contributed by atoms with van der Waals surface area (Å²) >= 11 is 3.19. The van der Waals surface area contributed by atoms with Gasteiger partial charge >= 0.3 is 6.61 Å². The molecule has 5 nitrogen and oxygen atoms in total. The second-order valence-electron chi connectivity index (χ2n) is 5.53. The highest BCUT2D eigenvalue weighted by Gasteiger charge is 2.17. The van der Waals surface area contributed by atoms with E-state index in [2.05, 4.69) is 31.1 Å². The Morgan fingerprint density at radius 2 is 2.07 bits per heavy atom. The zero-order chi connectivity index (χ0) is 19.4. The van der Waals surface area contributed by atoms with Crippen LogP contribution in [0.5, 0.6) is 5.75 Å². The predicted octanol–water partition coefficient (Wildman–Crippen LogP) is 4.69. The fourth-order valence-electron chi connectivity index (χ4n) is 2.41. The number of rotatable bonds is 6. The van der Waals surface area contributed by atoms with Crippen molar-refractivity contribution in [3.63, 3.8) is 0 Å². The fraction of sp³-hybridized carbons (Fsp3) is 0.111. The minimum Gasteiger partial charge on any atom is -0.434 e. The van der Waals surface area contributed by atoms with Crippen LogP contribution in [0.3, 0.4) is 0 Å². The van der Waals surface area contributed by atoms with Gasteiger partial charge in [-0.05, 0) is 35.9 Å². The van der Waals surface area contributed by atoms with E-state index in [0.717, 1.165) is 0 Å². The third kappa shape index (κ3) is 5.10. The van der Waals surface area contributed by atoms with E-state index in [4.69, 9.17) is 0 Å². The van der Waals surface area contributed by atoms with Gasteiger partial charge in [0.1, 0.15) is 11.6 Å². The van der Waals surface area contributed by atoms with Crippen LogP contribution in [0.1, 0.15) is 15.9 Å². The molecule has 0 aliphatic carbocycles. The standard InChI is InChI=1S/C18H13BrF3N3O2/c19-12-4-5-16(27-18(21)22)15(7-12)17(26)24-14-8-23-25(10-14)9-11-2-1-3-13(20)6-11/h1-8,10,18H,9H2,(H,24,26). The van der Waals surface area contributed by atoms with Crippen molar-refractivity contribution >= 4 is 27.5 Å². The highest BCUT2D eigenvalue weighted by molar-refractivity contribution is 9.10. The van der Waals surface area contributed by atoms with Gasteiger partial charge in [0.25, 0.3) is 5.91 Å². The van der Waals surface area contributed by atoms with E-state index in [-0.39, 0.29) is 17.1 Å². The van der Waals surface area contributed by atoms with Gasteiger partial charge in [-0.2, -0.15) is 13.9 Å². The molecule has 1 aromatic heterocycles. The summed E-state index contributed by atoms with van der Waals surface area (Å²) < 4.78 is 44.7. The quantitative estimate of drug-likeness (QED) is 0.606. The maximum Gasteiger partial charge on any atom is 0.387 e. The average molecular weight is 440 g/mol. The number of aromatic nitrogens is 2. The zero-order valence-electron chi connectivity index (χ0n) is 13.7. The molecule has 9 heteroatoms. The Morgan fingerprint density at radius 1 is 1.26 bits per heavy atom. The summed E-state index contributed by atoms with van der Waals surface area (Å²) in [7, 11) is 0. The molecule has 0 aliphatic heterocycles. The molecule has 0 saturated carbocycles. The van der Waals surface area contributed by atoms with Gasteiger partial charge in [-0.1, -0.05) is 28.1 Å². The summed E-state index contributed by atoms with van der Waals surface area (Å²) in [4.78, 5) is 12.4. The van der Waals surface area contributed by atoms with Crippen molar-refractivity contribution in [1.29, 1.82) is 0 Å². The lowest BCUT2D eigenvalue weighted by atomic mass is 10.2. The molecule has 0 aliphatic rings. The van der Waals surface area contributed by atoms with Gasteiger partial charge in [0.05, 0.1) is 24.0 Å². The number of hydrogen-bond donors (Lipinski definition) is 1. The van der Waals surface area contributed by atoms with Crippen molar-refractivity contribution in [1.82, 2.24) is 9.78 Å². The maximum atomic E-state index is 13.2. The van der Waals surface area contributed by atoms with Crippen LogP contribution >= 0.6 is 15.9 Å². The van der Waals surface area contributed by atoms with Crippen LogP contribution < -0.4 is 10.1 Å². The maximum absolute atomic E-state index is 13.2. The summed E-state index contributed by atoms with van der Waals surface area (Å²) in [6.45, 7) is -2.74. The first-order chi connectivity index (χ1) is 12.9. The molecule has 1 N–H and O–H groups in total. The molecule has 2 aromatic carbocycles. The number of benzene rings is 2. The first-order valence-electron chi connectivity index (χ1n) is 7.73. The molecule has 0 spiro atoms. The van der Waals surface area contributed by atoms with Crippen molar-refractivity contribution in [2.24, 2.45) is 0 Å². The van der Waals surface area contributed by atoms with Gasteiger partial charge < -0.3 is 10.1 Å². The smallest absolute Gasteiger partial charge is 0.387 e. The van der Waals surface area contributed by atoms with Crippen LogP contribution in [0.4, 0.5) is 18.9 Å². The van der Waals surface area contributed by atoms with Crippen LogP contribution in [-0.4, -0.2) is 22.3 Å². The SMILES string of the molecule is O=C(Nc1cnn(Cc2cccc(F)c2)c1)c1cc(Br)ccc1OC(F)F. The molecule has 0 atom stereocenters. The van der Waals surface area contributed by atoms with Crippen molar-refractivity contribution < 1.29 is 22.7 Å². The normalized spacial score (nSPS) is 10.9. The van der Waals surface area contributed by atoms with Gasteiger partial charge in [0.15, 0.2) is 0 Å². The number of amides is 1. The van der Waals surface area contributed by atoms with Crippen LogP contribution in [0.2, 0.25) is 0 Å². The van der Waals surface area contributed by atoms with E-state index < -0.39 is 12.5 Å². The third-order valence-electron chi connectivity index (χ3n) is 3.53. The van der Waals surface area contributed by atoms with Crippen LogP contribution in [-0.2, 0) is 6.54 Å². The molecule has 140 valence electrons. The van der Waals surface area contributed by atoms with Gasteiger partial charge in [-0.3, -0.25) is 9.48 Å². The molecule has 3 rings (SSSR count). The van der Waals surface area contributed by atoms with Crippen molar-refractivity contribution in [3.8, 4) is 5.75 Å². The Labute approximate surface area is 160 Å². The van der Waals surface area contributed by atoms with E-state index in [9.17, 15) is 18.0 Å². The largest absolute Gasteiger partial charge is 0.434 e. The minimum absolute atomic E-state index is 0.0532. The van der Waals surface area contributed by atoms with E-state index in [1.807, 2.05) is 0 Å². The molecule has 0 saturated heterocycles. The number of alkyl halides is 2. The number of nitrogens with zero attached hydrogens (tertiary/aromatic N) is 2. The van der Waals surface area contributed by atoms with E-state index in [0.29, 0.717) is 22.3 Å². The monoisotopic (exact) mass is 439 g/mol. The summed E-state index contributed by atoms with van der Waals surface area (Å²) in [6, 6.07) is 10.2. The Hall–Kier alpha value is -2.81. The lowest BCUT2D eigenvalue weighted by Crippen LogP contribution is -2.15.